The van der Waals surface area contributed by atoms with E-state index < -0.39 is 17.2 Å². The lowest BCUT2D eigenvalue weighted by Gasteiger charge is -2.17. The van der Waals surface area contributed by atoms with Gasteiger partial charge in [-0.2, -0.15) is 0 Å². The average molecular weight is 480 g/mol. The van der Waals surface area contributed by atoms with Crippen molar-refractivity contribution in [3.8, 4) is 5.75 Å². The Morgan fingerprint density at radius 2 is 1.87 bits per heavy atom. The molecule has 0 spiro atoms. The van der Waals surface area contributed by atoms with Gasteiger partial charge in [-0.25, -0.2) is 4.98 Å². The van der Waals surface area contributed by atoms with Crippen molar-refractivity contribution in [1.29, 1.82) is 0 Å². The number of halogens is 2. The predicted octanol–water partition coefficient (Wildman–Crippen LogP) is 4.92. The van der Waals surface area contributed by atoms with E-state index in [1.54, 1.807) is 29.5 Å². The number of carbonyl (C=O) groups is 1. The molecule has 0 atom stereocenters. The number of benzene rings is 1. The summed E-state index contributed by atoms with van der Waals surface area (Å²) < 4.78 is 1.43. The van der Waals surface area contributed by atoms with Crippen molar-refractivity contribution < 1.29 is 9.90 Å². The number of nitrogens with one attached hydrogen (secondary N) is 1. The highest BCUT2D eigenvalue weighted by Crippen LogP contribution is 2.21. The topological polar surface area (TPSA) is 84.2 Å². The van der Waals surface area contributed by atoms with Crippen LogP contribution in [0.15, 0.2) is 35.1 Å². The van der Waals surface area contributed by atoms with Gasteiger partial charge >= 0.3 is 0 Å². The Labute approximate surface area is 194 Å². The van der Waals surface area contributed by atoms with Crippen LogP contribution in [-0.4, -0.2) is 20.6 Å². The molecule has 0 unspecified atom stereocenters. The van der Waals surface area contributed by atoms with E-state index in [1.807, 2.05) is 32.9 Å². The Morgan fingerprint density at radius 1 is 1.19 bits per heavy atom. The van der Waals surface area contributed by atoms with Crippen molar-refractivity contribution in [3.05, 3.63) is 77.6 Å². The third-order valence-electron chi connectivity index (χ3n) is 4.66. The number of carbonyl (C=O) groups excluding carboxylic acids is 1. The zero-order valence-electron chi connectivity index (χ0n) is 17.4. The summed E-state index contributed by atoms with van der Waals surface area (Å²) in [6, 6.07) is 8.81. The second-order valence-corrected chi connectivity index (χ2v) is 9.71. The molecule has 2 N–H and O–H groups in total. The zero-order valence-corrected chi connectivity index (χ0v) is 19.7. The van der Waals surface area contributed by atoms with Crippen LogP contribution >= 0.6 is 34.5 Å². The zero-order chi connectivity index (χ0) is 22.7. The molecule has 0 saturated heterocycles. The van der Waals surface area contributed by atoms with E-state index in [9.17, 15) is 14.7 Å². The fourth-order valence-corrected chi connectivity index (χ4v) is 4.73. The molecule has 0 bridgehead atoms. The molecule has 1 amide bonds. The first kappa shape index (κ1) is 23.3. The summed E-state index contributed by atoms with van der Waals surface area (Å²) >= 11 is 13.7. The van der Waals surface area contributed by atoms with E-state index in [0.29, 0.717) is 34.3 Å². The lowest BCUT2D eigenvalue weighted by Crippen LogP contribution is -2.32. The number of thiophene rings is 1. The third kappa shape index (κ3) is 5.67. The van der Waals surface area contributed by atoms with Crippen LogP contribution in [0, 0.1) is 6.92 Å². The van der Waals surface area contributed by atoms with Crippen LogP contribution in [0.1, 0.15) is 51.5 Å². The molecule has 31 heavy (non-hydrogen) atoms. The van der Waals surface area contributed by atoms with Gasteiger partial charge in [0.05, 0.1) is 0 Å². The average Bonchev–Trinajstić information content (AvgIpc) is 3.11. The number of hydrogen-bond acceptors (Lipinski definition) is 5. The lowest BCUT2D eigenvalue weighted by molar-refractivity contribution is 0.0941. The molecular weight excluding hydrogens is 457 g/mol. The van der Waals surface area contributed by atoms with E-state index in [4.69, 9.17) is 23.2 Å². The molecule has 6 nitrogen and oxygen atoms in total. The summed E-state index contributed by atoms with van der Waals surface area (Å²) in [6.07, 6.45) is 1.16. The minimum absolute atomic E-state index is 0.122. The van der Waals surface area contributed by atoms with Crippen molar-refractivity contribution in [2.24, 2.45) is 0 Å². The Kier molecular flexibility index (Phi) is 7.41. The number of rotatable bonds is 7. The van der Waals surface area contributed by atoms with Crippen LogP contribution in [0.4, 0.5) is 0 Å². The Balaban J connectivity index is 1.87. The Morgan fingerprint density at radius 3 is 2.45 bits per heavy atom. The first-order valence-corrected chi connectivity index (χ1v) is 11.4. The van der Waals surface area contributed by atoms with Gasteiger partial charge < -0.3 is 10.4 Å². The second-order valence-electron chi connectivity index (χ2n) is 7.47. The highest BCUT2D eigenvalue weighted by Gasteiger charge is 2.22. The van der Waals surface area contributed by atoms with Gasteiger partial charge in [0.1, 0.15) is 5.82 Å². The van der Waals surface area contributed by atoms with Crippen LogP contribution in [0.25, 0.3) is 0 Å². The summed E-state index contributed by atoms with van der Waals surface area (Å²) in [6.45, 7) is 5.83. The molecule has 1 aromatic carbocycles. The van der Waals surface area contributed by atoms with Gasteiger partial charge in [0.25, 0.3) is 11.5 Å². The SMILES string of the molecule is Cc1ccc(CCc2nc(C(=O)NCc3cc(Cl)cc(Cl)c3)c(O)c(=O)n2C(C)C)s1. The van der Waals surface area contributed by atoms with Gasteiger partial charge in [-0.05, 0) is 63.1 Å². The minimum atomic E-state index is -0.661. The minimum Gasteiger partial charge on any atom is -0.501 e. The van der Waals surface area contributed by atoms with Crippen molar-refractivity contribution in [1.82, 2.24) is 14.9 Å². The first-order valence-electron chi connectivity index (χ1n) is 9.78. The summed E-state index contributed by atoms with van der Waals surface area (Å²) in [4.78, 5) is 32.3. The van der Waals surface area contributed by atoms with Crippen molar-refractivity contribution in [3.63, 3.8) is 0 Å². The lowest BCUT2D eigenvalue weighted by atomic mass is 10.2. The van der Waals surface area contributed by atoms with E-state index in [1.165, 1.54) is 14.3 Å². The van der Waals surface area contributed by atoms with Gasteiger partial charge in [-0.1, -0.05) is 23.2 Å². The molecule has 3 rings (SSSR count). The number of aromatic nitrogens is 2. The number of aromatic hydroxyl groups is 1. The molecule has 0 aliphatic rings. The molecule has 164 valence electrons. The van der Waals surface area contributed by atoms with Gasteiger partial charge in [0.2, 0.25) is 5.75 Å². The maximum Gasteiger partial charge on any atom is 0.296 e. The Hall–Kier alpha value is -2.35. The fraction of sp³-hybridized carbons (Fsp3) is 0.318. The summed E-state index contributed by atoms with van der Waals surface area (Å²) in [7, 11) is 0. The van der Waals surface area contributed by atoms with Crippen LogP contribution in [-0.2, 0) is 19.4 Å². The molecule has 0 fully saturated rings. The normalized spacial score (nSPS) is 11.2. The number of nitrogens with zero attached hydrogens (tertiary/aromatic N) is 2. The van der Waals surface area contributed by atoms with Gasteiger partial charge in [0, 0.05) is 38.8 Å². The number of aryl methyl sites for hydroxylation is 3. The van der Waals surface area contributed by atoms with Crippen LogP contribution in [0.5, 0.6) is 5.75 Å². The van der Waals surface area contributed by atoms with Crippen LogP contribution in [0.2, 0.25) is 10.0 Å². The molecule has 0 aliphatic heterocycles. The van der Waals surface area contributed by atoms with Gasteiger partial charge in [-0.3, -0.25) is 14.2 Å². The molecule has 0 radical (unpaired) electrons. The third-order valence-corrected chi connectivity index (χ3v) is 6.16. The fourth-order valence-electron chi connectivity index (χ4n) is 3.27. The standard InChI is InChI=1S/C22H23Cl2N3O3S/c1-12(2)27-18(7-6-17-5-4-13(3)31-17)26-19(20(28)22(27)30)21(29)25-11-14-8-15(23)10-16(24)9-14/h4-5,8-10,12,28H,6-7,11H2,1-3H3,(H,25,29). The maximum atomic E-state index is 12.8. The summed E-state index contributed by atoms with van der Waals surface area (Å²) in [5, 5.41) is 14.0. The first-order chi connectivity index (χ1) is 14.7. The van der Waals surface area contributed by atoms with Gasteiger partial charge in [0.15, 0.2) is 5.69 Å². The molecule has 9 heteroatoms. The highest BCUT2D eigenvalue weighted by molar-refractivity contribution is 7.11. The highest BCUT2D eigenvalue weighted by atomic mass is 35.5. The second kappa shape index (κ2) is 9.85. The largest absolute Gasteiger partial charge is 0.501 e. The summed E-state index contributed by atoms with van der Waals surface area (Å²) in [5.74, 6) is -0.847. The van der Waals surface area contributed by atoms with Crippen molar-refractivity contribution in [2.75, 3.05) is 0 Å². The smallest absolute Gasteiger partial charge is 0.296 e. The van der Waals surface area contributed by atoms with E-state index in [0.717, 1.165) is 0 Å². The molecule has 0 saturated carbocycles. The summed E-state index contributed by atoms with van der Waals surface area (Å²) in [5.41, 5.74) is -0.222. The van der Waals surface area contributed by atoms with E-state index in [2.05, 4.69) is 10.3 Å². The van der Waals surface area contributed by atoms with Crippen molar-refractivity contribution in [2.45, 2.75) is 46.2 Å². The molecular formula is C22H23Cl2N3O3S. The maximum absolute atomic E-state index is 12.8. The molecule has 0 aliphatic carbocycles. The monoisotopic (exact) mass is 479 g/mol. The molecule has 2 heterocycles. The molecule has 3 aromatic rings. The van der Waals surface area contributed by atoms with Gasteiger partial charge in [-0.15, -0.1) is 11.3 Å². The quantitative estimate of drug-likeness (QED) is 0.503. The van der Waals surface area contributed by atoms with Crippen LogP contribution in [0.3, 0.4) is 0 Å². The predicted molar refractivity (Wildman–Crippen MR) is 125 cm³/mol. The number of hydrogen-bond donors (Lipinski definition) is 2. The van der Waals surface area contributed by atoms with E-state index in [-0.39, 0.29) is 18.3 Å². The van der Waals surface area contributed by atoms with E-state index >= 15 is 0 Å². The Bertz CT molecular complexity index is 1150. The number of amides is 1. The van der Waals surface area contributed by atoms with Crippen molar-refractivity contribution >= 4 is 40.4 Å². The van der Waals surface area contributed by atoms with Crippen LogP contribution < -0.4 is 10.9 Å². The molecule has 2 aromatic heterocycles.